The molecule has 9 nitrogen and oxygen atoms in total. The number of hydrogen-bond acceptors (Lipinski definition) is 8. The molecule has 32 heavy (non-hydrogen) atoms. The Balaban J connectivity index is 2.17. The van der Waals surface area contributed by atoms with Gasteiger partial charge in [-0.1, -0.05) is 13.8 Å². The Hall–Kier alpha value is -2.96. The zero-order chi connectivity index (χ0) is 24.0. The van der Waals surface area contributed by atoms with E-state index in [9.17, 15) is 28.3 Å². The van der Waals surface area contributed by atoms with Crippen molar-refractivity contribution >= 4 is 34.3 Å². The number of thiazole rings is 1. The normalized spacial score (nSPS) is 12.9. The van der Waals surface area contributed by atoms with Crippen molar-refractivity contribution in [2.24, 2.45) is 0 Å². The number of anilines is 1. The molecule has 2 atom stereocenters. The second-order valence-corrected chi connectivity index (χ2v) is 8.02. The lowest BCUT2D eigenvalue weighted by molar-refractivity contribution is -0.133. The van der Waals surface area contributed by atoms with Gasteiger partial charge in [-0.15, -0.1) is 11.3 Å². The van der Waals surface area contributed by atoms with Crippen molar-refractivity contribution in [3.8, 4) is 0 Å². The molecule has 0 aliphatic heterocycles. The molecule has 0 unspecified atom stereocenters. The molecule has 1 heterocycles. The summed E-state index contributed by atoms with van der Waals surface area (Å²) in [6.45, 7) is 3.42. The number of benzene rings is 1. The first-order valence-corrected chi connectivity index (χ1v) is 10.2. The van der Waals surface area contributed by atoms with Gasteiger partial charge in [0.1, 0.15) is 17.7 Å². The fourth-order valence-corrected chi connectivity index (χ4v) is 3.65. The second-order valence-electron chi connectivity index (χ2n) is 6.99. The lowest BCUT2D eigenvalue weighted by atomic mass is 10.1. The monoisotopic (exact) mass is 471 g/mol. The van der Waals surface area contributed by atoms with Crippen LogP contribution in [0.2, 0.25) is 0 Å². The Morgan fingerprint density at radius 3 is 2.28 bits per heavy atom. The van der Waals surface area contributed by atoms with Crippen molar-refractivity contribution < 1.29 is 37.7 Å². The first kappa shape index (κ1) is 25.3. The molecule has 0 aliphatic rings. The van der Waals surface area contributed by atoms with E-state index in [0.717, 1.165) is 23.5 Å². The Morgan fingerprint density at radius 2 is 1.75 bits per heavy atom. The van der Waals surface area contributed by atoms with Gasteiger partial charge in [0.2, 0.25) is 0 Å². The van der Waals surface area contributed by atoms with Crippen molar-refractivity contribution in [1.29, 1.82) is 0 Å². The molecule has 2 rings (SSSR count). The highest BCUT2D eigenvalue weighted by Gasteiger charge is 2.28. The average molecular weight is 471 g/mol. The maximum atomic E-state index is 13.4. The highest BCUT2D eigenvalue weighted by molar-refractivity contribution is 7.16. The lowest BCUT2D eigenvalue weighted by Gasteiger charge is -2.19. The number of rotatable bonds is 9. The summed E-state index contributed by atoms with van der Waals surface area (Å²) in [5, 5.41) is 15.0. The SMILES string of the molecule is COC[C@H](NC(=O)[C@H](O)c1cc(F)cc(F)c1)C(=O)Nc1nc(C(=O)OC)c(C(C)C)s1. The van der Waals surface area contributed by atoms with Gasteiger partial charge in [0.15, 0.2) is 16.9 Å². The Labute approximate surface area is 186 Å². The third-order valence-corrected chi connectivity index (χ3v) is 5.47. The molecule has 0 bridgehead atoms. The van der Waals surface area contributed by atoms with Crippen LogP contribution in [0.15, 0.2) is 18.2 Å². The number of ether oxygens (including phenoxy) is 2. The minimum atomic E-state index is -1.93. The van der Waals surface area contributed by atoms with E-state index in [2.05, 4.69) is 15.6 Å². The summed E-state index contributed by atoms with van der Waals surface area (Å²) in [6, 6.07) is 0.928. The molecule has 0 saturated carbocycles. The van der Waals surface area contributed by atoms with Gasteiger partial charge in [-0.25, -0.2) is 18.6 Å². The summed E-state index contributed by atoms with van der Waals surface area (Å²) in [6.07, 6.45) is -1.93. The molecule has 174 valence electrons. The molecular weight excluding hydrogens is 448 g/mol. The maximum Gasteiger partial charge on any atom is 0.357 e. The van der Waals surface area contributed by atoms with E-state index in [0.29, 0.717) is 10.9 Å². The van der Waals surface area contributed by atoms with Gasteiger partial charge in [-0.05, 0) is 23.6 Å². The fourth-order valence-electron chi connectivity index (χ4n) is 2.70. The average Bonchev–Trinajstić information content (AvgIpc) is 3.15. The molecule has 1 aromatic carbocycles. The molecule has 0 spiro atoms. The molecule has 12 heteroatoms. The van der Waals surface area contributed by atoms with E-state index in [1.165, 1.54) is 14.2 Å². The topological polar surface area (TPSA) is 127 Å². The Kier molecular flexibility index (Phi) is 8.75. The van der Waals surface area contributed by atoms with Crippen molar-refractivity contribution in [3.05, 3.63) is 46.0 Å². The minimum Gasteiger partial charge on any atom is -0.464 e. The van der Waals surface area contributed by atoms with Gasteiger partial charge < -0.3 is 25.2 Å². The predicted octanol–water partition coefficient (Wildman–Crippen LogP) is 2.13. The second kappa shape index (κ2) is 11.1. The number of methoxy groups -OCH3 is 2. The van der Waals surface area contributed by atoms with Gasteiger partial charge >= 0.3 is 5.97 Å². The molecule has 2 amide bonds. The molecular formula is C20H23F2N3O6S. The third-order valence-electron chi connectivity index (χ3n) is 4.20. The number of amides is 2. The smallest absolute Gasteiger partial charge is 0.357 e. The zero-order valence-electron chi connectivity index (χ0n) is 17.8. The fraction of sp³-hybridized carbons (Fsp3) is 0.400. The van der Waals surface area contributed by atoms with Crippen LogP contribution < -0.4 is 10.6 Å². The van der Waals surface area contributed by atoms with Gasteiger partial charge in [0.05, 0.1) is 13.7 Å². The highest BCUT2D eigenvalue weighted by Crippen LogP contribution is 2.30. The summed E-state index contributed by atoms with van der Waals surface area (Å²) in [5.74, 6) is -4.46. The molecule has 0 aliphatic carbocycles. The van der Waals surface area contributed by atoms with Crippen LogP contribution in [0.3, 0.4) is 0 Å². The van der Waals surface area contributed by atoms with Crippen LogP contribution in [0.5, 0.6) is 0 Å². The van der Waals surface area contributed by atoms with Crippen LogP contribution in [0.1, 0.15) is 46.8 Å². The molecule has 0 radical (unpaired) electrons. The molecule has 0 saturated heterocycles. The van der Waals surface area contributed by atoms with Crippen LogP contribution in [-0.4, -0.2) is 54.7 Å². The molecule has 0 fully saturated rings. The third kappa shape index (κ3) is 6.28. The maximum absolute atomic E-state index is 13.4. The van der Waals surface area contributed by atoms with Gasteiger partial charge in [0, 0.05) is 18.1 Å². The van der Waals surface area contributed by atoms with Crippen LogP contribution in [0, 0.1) is 11.6 Å². The first-order valence-electron chi connectivity index (χ1n) is 9.40. The Bertz CT molecular complexity index is 977. The number of carbonyl (C=O) groups excluding carboxylic acids is 3. The number of carbonyl (C=O) groups is 3. The summed E-state index contributed by atoms with van der Waals surface area (Å²) >= 11 is 1.07. The summed E-state index contributed by atoms with van der Waals surface area (Å²) in [5.41, 5.74) is -0.250. The van der Waals surface area contributed by atoms with Crippen LogP contribution >= 0.6 is 11.3 Å². The largest absolute Gasteiger partial charge is 0.464 e. The van der Waals surface area contributed by atoms with Crippen LogP contribution in [0.4, 0.5) is 13.9 Å². The summed E-state index contributed by atoms with van der Waals surface area (Å²) in [7, 11) is 2.50. The summed E-state index contributed by atoms with van der Waals surface area (Å²) < 4.78 is 36.4. The first-order chi connectivity index (χ1) is 15.1. The van der Waals surface area contributed by atoms with Crippen molar-refractivity contribution in [3.63, 3.8) is 0 Å². The van der Waals surface area contributed by atoms with Gasteiger partial charge in [0.25, 0.3) is 11.8 Å². The van der Waals surface area contributed by atoms with Crippen LogP contribution in [-0.2, 0) is 19.1 Å². The number of hydrogen-bond donors (Lipinski definition) is 3. The van der Waals surface area contributed by atoms with Crippen molar-refractivity contribution in [2.45, 2.75) is 31.9 Å². The number of aromatic nitrogens is 1. The zero-order valence-corrected chi connectivity index (χ0v) is 18.6. The van der Waals surface area contributed by atoms with E-state index in [-0.39, 0.29) is 28.9 Å². The quantitative estimate of drug-likeness (QED) is 0.478. The van der Waals surface area contributed by atoms with E-state index in [4.69, 9.17) is 9.47 Å². The number of esters is 1. The Morgan fingerprint density at radius 1 is 1.12 bits per heavy atom. The molecule has 1 aromatic heterocycles. The van der Waals surface area contributed by atoms with Crippen LogP contribution in [0.25, 0.3) is 0 Å². The van der Waals surface area contributed by atoms with E-state index in [1.807, 2.05) is 13.8 Å². The van der Waals surface area contributed by atoms with Gasteiger partial charge in [-0.3, -0.25) is 9.59 Å². The van der Waals surface area contributed by atoms with Gasteiger partial charge in [-0.2, -0.15) is 0 Å². The summed E-state index contributed by atoms with van der Waals surface area (Å²) in [4.78, 5) is 41.7. The van der Waals surface area contributed by atoms with E-state index >= 15 is 0 Å². The molecule has 3 N–H and O–H groups in total. The number of nitrogens with zero attached hydrogens (tertiary/aromatic N) is 1. The predicted molar refractivity (Wildman–Crippen MR) is 111 cm³/mol. The van der Waals surface area contributed by atoms with Crippen molar-refractivity contribution in [1.82, 2.24) is 10.3 Å². The van der Waals surface area contributed by atoms with E-state index in [1.54, 1.807) is 0 Å². The standard InChI is InChI=1S/C20H23F2N3O6S/c1-9(2)16-14(19(29)31-4)24-20(32-16)25-17(27)13(8-30-3)23-18(28)15(26)10-5-11(21)7-12(22)6-10/h5-7,9,13,15,26H,8H2,1-4H3,(H,23,28)(H,24,25,27)/t13-,15+/m0/s1. The number of aliphatic hydroxyl groups is 1. The lowest BCUT2D eigenvalue weighted by Crippen LogP contribution is -2.48. The number of aliphatic hydroxyl groups excluding tert-OH is 1. The number of halogens is 2. The number of nitrogens with one attached hydrogen (secondary N) is 2. The van der Waals surface area contributed by atoms with E-state index < -0.39 is 41.6 Å². The molecule has 2 aromatic rings. The minimum absolute atomic E-state index is 0.0662. The van der Waals surface area contributed by atoms with Crippen molar-refractivity contribution in [2.75, 3.05) is 26.1 Å². The highest BCUT2D eigenvalue weighted by atomic mass is 32.1.